The quantitative estimate of drug-likeness (QED) is 0.531. The molecule has 0 radical (unpaired) electrons. The predicted molar refractivity (Wildman–Crippen MR) is 105 cm³/mol. The summed E-state index contributed by atoms with van der Waals surface area (Å²) >= 11 is 0. The standard InChI is InChI=1S/C20H21FN8/c1-27-7-5-16(6-8-27)28-13-14(11-23-28)9-19-22-12-18-20(24-19)29(26-25-18)17-4-2-3-15(21)10-17/h2-4,10-13,16H,5-9H2,1H3. The van der Waals surface area contributed by atoms with E-state index in [1.54, 1.807) is 18.3 Å². The first-order chi connectivity index (χ1) is 14.2. The van der Waals surface area contributed by atoms with E-state index in [1.807, 2.05) is 6.20 Å². The lowest BCUT2D eigenvalue weighted by molar-refractivity contribution is 0.212. The summed E-state index contributed by atoms with van der Waals surface area (Å²) in [4.78, 5) is 11.4. The maximum absolute atomic E-state index is 13.6. The molecule has 0 atom stereocenters. The maximum Gasteiger partial charge on any atom is 0.187 e. The van der Waals surface area contributed by atoms with Gasteiger partial charge in [-0.1, -0.05) is 11.3 Å². The van der Waals surface area contributed by atoms with Crippen molar-refractivity contribution in [2.75, 3.05) is 20.1 Å². The van der Waals surface area contributed by atoms with Crippen LogP contribution in [-0.4, -0.2) is 59.8 Å². The van der Waals surface area contributed by atoms with Gasteiger partial charge in [0.2, 0.25) is 0 Å². The Morgan fingerprint density at radius 2 is 2.03 bits per heavy atom. The molecule has 1 aromatic carbocycles. The van der Waals surface area contributed by atoms with Crippen LogP contribution in [0.4, 0.5) is 4.39 Å². The van der Waals surface area contributed by atoms with E-state index in [0.29, 0.717) is 35.1 Å². The molecule has 1 aliphatic rings. The smallest absolute Gasteiger partial charge is 0.187 e. The fourth-order valence-corrected chi connectivity index (χ4v) is 3.74. The molecule has 29 heavy (non-hydrogen) atoms. The molecule has 0 spiro atoms. The zero-order chi connectivity index (χ0) is 19.8. The zero-order valence-electron chi connectivity index (χ0n) is 16.1. The van der Waals surface area contributed by atoms with E-state index in [9.17, 15) is 4.39 Å². The minimum atomic E-state index is -0.332. The lowest BCUT2D eigenvalue weighted by Crippen LogP contribution is -2.31. The van der Waals surface area contributed by atoms with Crippen LogP contribution >= 0.6 is 0 Å². The molecule has 1 saturated heterocycles. The van der Waals surface area contributed by atoms with Crippen molar-refractivity contribution in [3.05, 3.63) is 60.1 Å². The van der Waals surface area contributed by atoms with Crippen molar-refractivity contribution in [1.29, 1.82) is 0 Å². The summed E-state index contributed by atoms with van der Waals surface area (Å²) in [6.07, 6.45) is 8.41. The first kappa shape index (κ1) is 17.9. The first-order valence-corrected chi connectivity index (χ1v) is 9.70. The van der Waals surface area contributed by atoms with E-state index in [2.05, 4.69) is 48.2 Å². The van der Waals surface area contributed by atoms with Gasteiger partial charge in [-0.2, -0.15) is 9.78 Å². The lowest BCUT2D eigenvalue weighted by atomic mass is 10.1. The molecule has 0 aliphatic carbocycles. The van der Waals surface area contributed by atoms with Crippen LogP contribution in [-0.2, 0) is 6.42 Å². The summed E-state index contributed by atoms with van der Waals surface area (Å²) in [6, 6.07) is 6.65. The molecule has 0 saturated carbocycles. The SMILES string of the molecule is CN1CCC(n2cc(Cc3ncc4nnn(-c5cccc(F)c5)c4n3)cn2)CC1. The van der Waals surface area contributed by atoms with Crippen LogP contribution in [0.1, 0.15) is 30.3 Å². The van der Waals surface area contributed by atoms with Crippen molar-refractivity contribution in [3.8, 4) is 5.69 Å². The van der Waals surface area contributed by atoms with Crippen LogP contribution < -0.4 is 0 Å². The van der Waals surface area contributed by atoms with E-state index >= 15 is 0 Å². The van der Waals surface area contributed by atoms with Crippen LogP contribution in [0.5, 0.6) is 0 Å². The molecule has 3 aromatic heterocycles. The number of halogens is 1. The Hall–Kier alpha value is -3.20. The molecule has 1 aliphatic heterocycles. The average molecular weight is 392 g/mol. The van der Waals surface area contributed by atoms with Crippen LogP contribution in [0.3, 0.4) is 0 Å². The third kappa shape index (κ3) is 3.61. The zero-order valence-corrected chi connectivity index (χ0v) is 16.1. The molecular weight excluding hydrogens is 371 g/mol. The third-order valence-corrected chi connectivity index (χ3v) is 5.37. The molecular formula is C20H21FN8. The van der Waals surface area contributed by atoms with Crippen molar-refractivity contribution >= 4 is 11.2 Å². The van der Waals surface area contributed by atoms with Crippen molar-refractivity contribution < 1.29 is 4.39 Å². The second kappa shape index (κ2) is 7.32. The summed E-state index contributed by atoms with van der Waals surface area (Å²) in [7, 11) is 2.15. The normalized spacial score (nSPS) is 15.9. The number of nitrogens with zero attached hydrogens (tertiary/aromatic N) is 8. The van der Waals surface area contributed by atoms with Gasteiger partial charge in [0.15, 0.2) is 11.2 Å². The van der Waals surface area contributed by atoms with Crippen LogP contribution in [0.2, 0.25) is 0 Å². The molecule has 0 bridgehead atoms. The number of fused-ring (bicyclic) bond motifs is 1. The topological polar surface area (TPSA) is 77.5 Å². The Balaban J connectivity index is 1.39. The largest absolute Gasteiger partial charge is 0.306 e. The molecule has 8 nitrogen and oxygen atoms in total. The fraction of sp³-hybridized carbons (Fsp3) is 0.350. The molecule has 0 unspecified atom stereocenters. The van der Waals surface area contributed by atoms with Crippen molar-refractivity contribution in [2.24, 2.45) is 0 Å². The highest BCUT2D eigenvalue weighted by atomic mass is 19.1. The van der Waals surface area contributed by atoms with Gasteiger partial charge in [-0.05, 0) is 56.7 Å². The molecule has 1 fully saturated rings. The second-order valence-electron chi connectivity index (χ2n) is 7.52. The summed E-state index contributed by atoms with van der Waals surface area (Å²) < 4.78 is 17.2. The van der Waals surface area contributed by atoms with Gasteiger partial charge in [-0.15, -0.1) is 5.10 Å². The van der Waals surface area contributed by atoms with E-state index < -0.39 is 0 Å². The second-order valence-corrected chi connectivity index (χ2v) is 7.52. The molecule has 148 valence electrons. The number of rotatable bonds is 4. The number of likely N-dealkylation sites (tertiary alicyclic amines) is 1. The van der Waals surface area contributed by atoms with Gasteiger partial charge < -0.3 is 4.90 Å². The van der Waals surface area contributed by atoms with E-state index in [0.717, 1.165) is 31.5 Å². The lowest BCUT2D eigenvalue weighted by Gasteiger charge is -2.28. The minimum absolute atomic E-state index is 0.332. The summed E-state index contributed by atoms with van der Waals surface area (Å²) in [5.74, 6) is 0.321. The Morgan fingerprint density at radius 3 is 2.86 bits per heavy atom. The monoisotopic (exact) mass is 392 g/mol. The Kier molecular flexibility index (Phi) is 4.51. The molecule has 4 aromatic rings. The first-order valence-electron chi connectivity index (χ1n) is 9.70. The highest BCUT2D eigenvalue weighted by molar-refractivity contribution is 5.70. The van der Waals surface area contributed by atoms with Crippen molar-refractivity contribution in [2.45, 2.75) is 25.3 Å². The third-order valence-electron chi connectivity index (χ3n) is 5.37. The Labute approximate surface area is 167 Å². The number of hydrogen-bond acceptors (Lipinski definition) is 6. The van der Waals surface area contributed by atoms with Gasteiger partial charge in [0.1, 0.15) is 11.6 Å². The summed E-state index contributed by atoms with van der Waals surface area (Å²) in [5.41, 5.74) is 2.77. The van der Waals surface area contributed by atoms with Crippen LogP contribution in [0, 0.1) is 5.82 Å². The summed E-state index contributed by atoms with van der Waals surface area (Å²) in [6.45, 7) is 2.19. The number of benzene rings is 1. The van der Waals surface area contributed by atoms with E-state index in [-0.39, 0.29) is 5.82 Å². The van der Waals surface area contributed by atoms with Crippen LogP contribution in [0.25, 0.3) is 16.9 Å². The predicted octanol–water partition coefficient (Wildman–Crippen LogP) is 2.40. The highest BCUT2D eigenvalue weighted by Gasteiger charge is 2.19. The van der Waals surface area contributed by atoms with Gasteiger partial charge in [0.05, 0.1) is 24.1 Å². The average Bonchev–Trinajstić information content (AvgIpc) is 3.35. The number of aromatic nitrogens is 7. The molecule has 9 heteroatoms. The van der Waals surface area contributed by atoms with E-state index in [1.165, 1.54) is 16.8 Å². The van der Waals surface area contributed by atoms with Crippen LogP contribution in [0.15, 0.2) is 42.9 Å². The molecule has 5 rings (SSSR count). The van der Waals surface area contributed by atoms with Gasteiger partial charge in [0.25, 0.3) is 0 Å². The van der Waals surface area contributed by atoms with Gasteiger partial charge >= 0.3 is 0 Å². The van der Waals surface area contributed by atoms with Gasteiger partial charge in [-0.25, -0.2) is 14.4 Å². The Bertz CT molecular complexity index is 1140. The molecule has 0 N–H and O–H groups in total. The Morgan fingerprint density at radius 1 is 1.17 bits per heavy atom. The number of piperidine rings is 1. The van der Waals surface area contributed by atoms with Crippen molar-refractivity contribution in [1.82, 2.24) is 39.6 Å². The number of hydrogen-bond donors (Lipinski definition) is 0. The maximum atomic E-state index is 13.6. The van der Waals surface area contributed by atoms with Gasteiger partial charge in [0, 0.05) is 12.6 Å². The van der Waals surface area contributed by atoms with E-state index in [4.69, 9.17) is 0 Å². The summed E-state index contributed by atoms with van der Waals surface area (Å²) in [5, 5.41) is 12.8. The minimum Gasteiger partial charge on any atom is -0.306 e. The molecule has 0 amide bonds. The fourth-order valence-electron chi connectivity index (χ4n) is 3.74. The molecule has 4 heterocycles. The highest BCUT2D eigenvalue weighted by Crippen LogP contribution is 2.22. The van der Waals surface area contributed by atoms with Crippen molar-refractivity contribution in [3.63, 3.8) is 0 Å². The van der Waals surface area contributed by atoms with Gasteiger partial charge in [-0.3, -0.25) is 4.68 Å².